The predicted molar refractivity (Wildman–Crippen MR) is 103 cm³/mol. The monoisotopic (exact) mass is 391 g/mol. The Morgan fingerprint density at radius 1 is 1.14 bits per heavy atom. The maximum atomic E-state index is 12.6. The lowest BCUT2D eigenvalue weighted by molar-refractivity contribution is -0.147. The Morgan fingerprint density at radius 2 is 1.86 bits per heavy atom. The van der Waals surface area contributed by atoms with Crippen LogP contribution < -0.4 is 10.3 Å². The van der Waals surface area contributed by atoms with Crippen molar-refractivity contribution in [2.45, 2.75) is 20.1 Å². The fraction of sp³-hybridized carbons (Fsp3) is 0.190. The van der Waals surface area contributed by atoms with Crippen molar-refractivity contribution in [1.82, 2.24) is 9.55 Å². The van der Waals surface area contributed by atoms with Crippen LogP contribution in [0.5, 0.6) is 5.75 Å². The first-order valence-corrected chi connectivity index (χ1v) is 8.74. The number of carbonyl (C=O) groups excluding carboxylic acids is 2. The van der Waals surface area contributed by atoms with Gasteiger partial charge in [0.2, 0.25) is 0 Å². The van der Waals surface area contributed by atoms with Crippen LogP contribution in [0.4, 0.5) is 0 Å². The smallest absolute Gasteiger partial charge is 0.344 e. The molecule has 0 fully saturated rings. The first kappa shape index (κ1) is 19.8. The number of para-hydroxylation sites is 1. The molecule has 29 heavy (non-hydrogen) atoms. The third-order valence-electron chi connectivity index (χ3n) is 4.15. The van der Waals surface area contributed by atoms with Gasteiger partial charge in [0.15, 0.2) is 18.2 Å². The average molecular weight is 391 g/mol. The molecule has 0 atom stereocenters. The summed E-state index contributed by atoms with van der Waals surface area (Å²) in [6.07, 6.45) is 0. The fourth-order valence-electron chi connectivity index (χ4n) is 2.67. The molecular formula is C21H17N3O5. The number of carbonyl (C=O) groups is 2. The van der Waals surface area contributed by atoms with E-state index in [1.54, 1.807) is 48.5 Å². The number of fused-ring (bicyclic) bond motifs is 1. The van der Waals surface area contributed by atoms with Crippen molar-refractivity contribution in [2.75, 3.05) is 6.61 Å². The summed E-state index contributed by atoms with van der Waals surface area (Å²) >= 11 is 0. The molecule has 0 saturated heterocycles. The van der Waals surface area contributed by atoms with E-state index in [2.05, 4.69) is 4.98 Å². The molecule has 0 radical (unpaired) electrons. The molecule has 0 N–H and O–H groups in total. The minimum atomic E-state index is -0.661. The summed E-state index contributed by atoms with van der Waals surface area (Å²) in [5, 5.41) is 9.38. The Hall–Kier alpha value is -3.99. The Morgan fingerprint density at radius 3 is 2.55 bits per heavy atom. The second-order valence-electron chi connectivity index (χ2n) is 6.12. The van der Waals surface area contributed by atoms with E-state index in [1.165, 1.54) is 11.5 Å². The van der Waals surface area contributed by atoms with Crippen molar-refractivity contribution in [1.29, 1.82) is 5.26 Å². The molecule has 0 unspecified atom stereocenters. The van der Waals surface area contributed by atoms with Crippen molar-refractivity contribution in [3.63, 3.8) is 0 Å². The van der Waals surface area contributed by atoms with E-state index in [0.29, 0.717) is 22.2 Å². The van der Waals surface area contributed by atoms with E-state index >= 15 is 0 Å². The number of Topliss-reactive ketones (excluding diaryl/α,β-unsaturated/α-hetero) is 1. The van der Waals surface area contributed by atoms with E-state index < -0.39 is 5.97 Å². The molecule has 1 heterocycles. The second kappa shape index (κ2) is 8.80. The SMILES string of the molecule is CC(=O)c1ccc(OCC(=O)OCc2nc3ccccc3c(=O)n2CC#N)cc1. The number of ketones is 1. The van der Waals surface area contributed by atoms with Gasteiger partial charge in [0.25, 0.3) is 5.56 Å². The minimum Gasteiger partial charge on any atom is -0.482 e. The van der Waals surface area contributed by atoms with Gasteiger partial charge in [-0.15, -0.1) is 0 Å². The number of hydrogen-bond donors (Lipinski definition) is 0. The normalized spacial score (nSPS) is 10.3. The van der Waals surface area contributed by atoms with Crippen LogP contribution in [0.2, 0.25) is 0 Å². The molecule has 0 saturated carbocycles. The van der Waals surface area contributed by atoms with Crippen LogP contribution in [0.1, 0.15) is 23.1 Å². The van der Waals surface area contributed by atoms with Crippen LogP contribution in [-0.2, 0) is 22.7 Å². The zero-order chi connectivity index (χ0) is 20.8. The molecule has 0 aliphatic carbocycles. The lowest BCUT2D eigenvalue weighted by Gasteiger charge is -2.11. The molecular weight excluding hydrogens is 374 g/mol. The Bertz CT molecular complexity index is 1160. The number of nitriles is 1. The highest BCUT2D eigenvalue weighted by Gasteiger charge is 2.13. The molecule has 3 rings (SSSR count). The number of rotatable bonds is 7. The molecule has 8 heteroatoms. The predicted octanol–water partition coefficient (Wildman–Crippen LogP) is 2.24. The van der Waals surface area contributed by atoms with Gasteiger partial charge in [0, 0.05) is 5.56 Å². The van der Waals surface area contributed by atoms with Gasteiger partial charge < -0.3 is 9.47 Å². The highest BCUT2D eigenvalue weighted by Crippen LogP contribution is 2.13. The van der Waals surface area contributed by atoms with Gasteiger partial charge in [-0.25, -0.2) is 9.78 Å². The summed E-state index contributed by atoms with van der Waals surface area (Å²) in [5.41, 5.74) is 0.627. The number of hydrogen-bond acceptors (Lipinski definition) is 7. The van der Waals surface area contributed by atoms with Gasteiger partial charge in [-0.3, -0.25) is 14.2 Å². The molecule has 1 aromatic heterocycles. The molecule has 0 aliphatic heterocycles. The van der Waals surface area contributed by atoms with E-state index in [-0.39, 0.29) is 36.9 Å². The molecule has 0 bridgehead atoms. The summed E-state index contributed by atoms with van der Waals surface area (Å²) < 4.78 is 11.7. The topological polar surface area (TPSA) is 111 Å². The third kappa shape index (κ3) is 4.65. The van der Waals surface area contributed by atoms with Gasteiger partial charge in [0.1, 0.15) is 18.9 Å². The van der Waals surface area contributed by atoms with E-state index in [0.717, 1.165) is 0 Å². The number of nitrogens with zero attached hydrogens (tertiary/aromatic N) is 3. The summed E-state index contributed by atoms with van der Waals surface area (Å²) in [6, 6.07) is 15.0. The summed E-state index contributed by atoms with van der Waals surface area (Å²) in [5.74, 6) is -0.139. The van der Waals surface area contributed by atoms with E-state index in [9.17, 15) is 14.4 Å². The number of aromatic nitrogens is 2. The maximum Gasteiger partial charge on any atom is 0.344 e. The largest absolute Gasteiger partial charge is 0.482 e. The van der Waals surface area contributed by atoms with Crippen molar-refractivity contribution in [3.05, 3.63) is 70.3 Å². The minimum absolute atomic E-state index is 0.0674. The summed E-state index contributed by atoms with van der Waals surface area (Å²) in [6.45, 7) is 0.630. The van der Waals surface area contributed by atoms with Gasteiger partial charge in [-0.2, -0.15) is 5.26 Å². The van der Waals surface area contributed by atoms with Crippen molar-refractivity contribution in [2.24, 2.45) is 0 Å². The van der Waals surface area contributed by atoms with Crippen molar-refractivity contribution >= 4 is 22.7 Å². The van der Waals surface area contributed by atoms with Gasteiger partial charge in [0.05, 0.1) is 17.0 Å². The fourth-order valence-corrected chi connectivity index (χ4v) is 2.67. The van der Waals surface area contributed by atoms with Gasteiger partial charge in [-0.1, -0.05) is 12.1 Å². The van der Waals surface area contributed by atoms with Crippen LogP contribution in [0.3, 0.4) is 0 Å². The third-order valence-corrected chi connectivity index (χ3v) is 4.15. The highest BCUT2D eigenvalue weighted by atomic mass is 16.6. The molecule has 2 aromatic carbocycles. The molecule has 0 aliphatic rings. The lowest BCUT2D eigenvalue weighted by Crippen LogP contribution is -2.26. The van der Waals surface area contributed by atoms with Gasteiger partial charge in [-0.05, 0) is 43.3 Å². The van der Waals surface area contributed by atoms with Crippen LogP contribution in [0.15, 0.2) is 53.3 Å². The average Bonchev–Trinajstić information content (AvgIpc) is 2.73. The van der Waals surface area contributed by atoms with E-state index in [4.69, 9.17) is 14.7 Å². The zero-order valence-corrected chi connectivity index (χ0v) is 15.6. The molecule has 3 aromatic rings. The number of esters is 1. The Balaban J connectivity index is 1.67. The molecule has 0 spiro atoms. The zero-order valence-electron chi connectivity index (χ0n) is 15.6. The molecule has 146 valence electrons. The summed E-state index contributed by atoms with van der Waals surface area (Å²) in [4.78, 5) is 40.1. The standard InChI is InChI=1S/C21H17N3O5/c1-14(25)15-6-8-16(9-7-15)28-13-20(26)29-12-19-23-18-5-3-2-4-17(18)21(27)24(19)11-10-22/h2-9H,11-13H2,1H3. The molecule has 8 nitrogen and oxygen atoms in total. The highest BCUT2D eigenvalue weighted by molar-refractivity contribution is 5.94. The van der Waals surface area contributed by atoms with Gasteiger partial charge >= 0.3 is 5.97 Å². The first-order valence-electron chi connectivity index (χ1n) is 8.74. The Kier molecular flexibility index (Phi) is 6.00. The Labute approximate surface area is 165 Å². The quantitative estimate of drug-likeness (QED) is 0.448. The van der Waals surface area contributed by atoms with E-state index in [1.807, 2.05) is 6.07 Å². The van der Waals surface area contributed by atoms with Crippen LogP contribution in [0, 0.1) is 11.3 Å². The first-order chi connectivity index (χ1) is 14.0. The van der Waals surface area contributed by atoms with Crippen LogP contribution in [0.25, 0.3) is 10.9 Å². The summed E-state index contributed by atoms with van der Waals surface area (Å²) in [7, 11) is 0. The number of ether oxygens (including phenoxy) is 2. The lowest BCUT2D eigenvalue weighted by atomic mass is 10.1. The maximum absolute atomic E-state index is 12.6. The van der Waals surface area contributed by atoms with Crippen molar-refractivity contribution in [3.8, 4) is 11.8 Å². The van der Waals surface area contributed by atoms with Crippen LogP contribution >= 0.6 is 0 Å². The number of benzene rings is 2. The van der Waals surface area contributed by atoms with Crippen LogP contribution in [-0.4, -0.2) is 27.9 Å². The molecule has 0 amide bonds. The second-order valence-corrected chi connectivity index (χ2v) is 6.12. The van der Waals surface area contributed by atoms with Crippen molar-refractivity contribution < 1.29 is 19.1 Å².